The highest BCUT2D eigenvalue weighted by Gasteiger charge is 2.36. The highest BCUT2D eigenvalue weighted by atomic mass is 35.5. The molecule has 18 heavy (non-hydrogen) atoms. The molecule has 104 valence electrons. The smallest absolute Gasteiger partial charge is 0.126 e. The number of nitrogens with zero attached hydrogens (tertiary/aromatic N) is 2. The van der Waals surface area contributed by atoms with Crippen molar-refractivity contribution in [2.45, 2.75) is 58.8 Å². The van der Waals surface area contributed by atoms with Gasteiger partial charge in [0, 0.05) is 13.2 Å². The lowest BCUT2D eigenvalue weighted by atomic mass is 9.93. The fourth-order valence-electron chi connectivity index (χ4n) is 2.03. The number of hydrogen-bond acceptors (Lipinski definition) is 3. The molecule has 1 rings (SSSR count). The van der Waals surface area contributed by atoms with Crippen LogP contribution in [-0.4, -0.2) is 27.1 Å². The van der Waals surface area contributed by atoms with Crippen molar-refractivity contribution in [1.29, 1.82) is 0 Å². The van der Waals surface area contributed by atoms with E-state index in [0.717, 1.165) is 13.0 Å². The van der Waals surface area contributed by atoms with Crippen molar-refractivity contribution in [3.05, 3.63) is 16.9 Å². The SMILES string of the molecule is CCCn1ncc(Cl)c1C(O)C(C)(CC)OCC. The van der Waals surface area contributed by atoms with E-state index in [1.807, 2.05) is 20.8 Å². The first-order chi connectivity index (χ1) is 8.50. The van der Waals surface area contributed by atoms with Crippen molar-refractivity contribution in [3.8, 4) is 0 Å². The Bertz CT molecular complexity index is 381. The first kappa shape index (κ1) is 15.5. The third-order valence-electron chi connectivity index (χ3n) is 3.28. The second-order valence-corrected chi connectivity index (χ2v) is 5.01. The van der Waals surface area contributed by atoms with E-state index in [4.69, 9.17) is 16.3 Å². The zero-order chi connectivity index (χ0) is 13.8. The first-order valence-electron chi connectivity index (χ1n) is 6.53. The summed E-state index contributed by atoms with van der Waals surface area (Å²) in [5, 5.41) is 15.3. The number of aliphatic hydroxyl groups excluding tert-OH is 1. The minimum absolute atomic E-state index is 0.496. The lowest BCUT2D eigenvalue weighted by molar-refractivity contribution is -0.115. The summed E-state index contributed by atoms with van der Waals surface area (Å²) >= 11 is 6.14. The molecule has 0 saturated heterocycles. The quantitative estimate of drug-likeness (QED) is 0.831. The van der Waals surface area contributed by atoms with E-state index in [0.29, 0.717) is 23.7 Å². The van der Waals surface area contributed by atoms with Crippen LogP contribution in [0.3, 0.4) is 0 Å². The molecule has 1 heterocycles. The van der Waals surface area contributed by atoms with Gasteiger partial charge in [-0.05, 0) is 26.7 Å². The lowest BCUT2D eigenvalue weighted by Crippen LogP contribution is -2.37. The van der Waals surface area contributed by atoms with Crippen LogP contribution in [0.25, 0.3) is 0 Å². The summed E-state index contributed by atoms with van der Waals surface area (Å²) in [5.74, 6) is 0. The van der Waals surface area contributed by atoms with Gasteiger partial charge in [-0.2, -0.15) is 5.10 Å². The monoisotopic (exact) mass is 274 g/mol. The molecule has 2 atom stereocenters. The fraction of sp³-hybridized carbons (Fsp3) is 0.769. The van der Waals surface area contributed by atoms with Crippen LogP contribution in [0.4, 0.5) is 0 Å². The van der Waals surface area contributed by atoms with Crippen LogP contribution in [-0.2, 0) is 11.3 Å². The van der Waals surface area contributed by atoms with Crippen LogP contribution in [0.5, 0.6) is 0 Å². The van der Waals surface area contributed by atoms with Crippen LogP contribution < -0.4 is 0 Å². The summed E-state index contributed by atoms with van der Waals surface area (Å²) in [7, 11) is 0. The van der Waals surface area contributed by atoms with E-state index >= 15 is 0 Å². The standard InChI is InChI=1S/C13H23ClN2O2/c1-5-8-16-11(10(14)9-15-16)12(17)13(4,6-2)18-7-3/h9,12,17H,5-8H2,1-4H3. The van der Waals surface area contributed by atoms with E-state index in [1.54, 1.807) is 10.9 Å². The predicted molar refractivity (Wildman–Crippen MR) is 72.8 cm³/mol. The number of ether oxygens (including phenoxy) is 1. The number of halogens is 1. The Kier molecular flexibility index (Phi) is 5.63. The van der Waals surface area contributed by atoms with E-state index in [1.165, 1.54) is 0 Å². The topological polar surface area (TPSA) is 47.3 Å². The normalized spacial score (nSPS) is 16.6. The molecule has 2 unspecified atom stereocenters. The van der Waals surface area contributed by atoms with Crippen LogP contribution in [0, 0.1) is 0 Å². The molecule has 0 fully saturated rings. The molecule has 0 bridgehead atoms. The van der Waals surface area contributed by atoms with Gasteiger partial charge < -0.3 is 9.84 Å². The van der Waals surface area contributed by atoms with E-state index in [-0.39, 0.29) is 0 Å². The van der Waals surface area contributed by atoms with Crippen LogP contribution >= 0.6 is 11.6 Å². The van der Waals surface area contributed by atoms with Crippen LogP contribution in [0.2, 0.25) is 5.02 Å². The summed E-state index contributed by atoms with van der Waals surface area (Å²) in [4.78, 5) is 0. The third kappa shape index (κ3) is 3.05. The molecular weight excluding hydrogens is 252 g/mol. The third-order valence-corrected chi connectivity index (χ3v) is 3.57. The fourth-order valence-corrected chi connectivity index (χ4v) is 2.27. The molecule has 0 aliphatic rings. The second-order valence-electron chi connectivity index (χ2n) is 4.60. The molecule has 1 aromatic rings. The van der Waals surface area contributed by atoms with E-state index in [9.17, 15) is 5.11 Å². The molecule has 1 N–H and O–H groups in total. The maximum Gasteiger partial charge on any atom is 0.126 e. The zero-order valence-electron chi connectivity index (χ0n) is 11.6. The molecule has 0 aromatic carbocycles. The minimum Gasteiger partial charge on any atom is -0.384 e. The summed E-state index contributed by atoms with van der Waals surface area (Å²) in [6.07, 6.45) is 2.45. The number of aromatic nitrogens is 2. The van der Waals surface area contributed by atoms with Crippen LogP contribution in [0.15, 0.2) is 6.20 Å². The Morgan fingerprint density at radius 1 is 1.50 bits per heavy atom. The van der Waals surface area contributed by atoms with Gasteiger partial charge in [0.1, 0.15) is 6.10 Å². The highest BCUT2D eigenvalue weighted by Crippen LogP contribution is 2.35. The molecule has 0 aliphatic heterocycles. The minimum atomic E-state index is -0.774. The Morgan fingerprint density at radius 3 is 2.67 bits per heavy atom. The molecule has 0 radical (unpaired) electrons. The Morgan fingerprint density at radius 2 is 2.17 bits per heavy atom. The van der Waals surface area contributed by atoms with Crippen molar-refractivity contribution in [2.75, 3.05) is 6.61 Å². The molecule has 0 saturated carbocycles. The van der Waals surface area contributed by atoms with Crippen molar-refractivity contribution >= 4 is 11.6 Å². The number of aliphatic hydroxyl groups is 1. The van der Waals surface area contributed by atoms with Gasteiger partial charge in [-0.3, -0.25) is 4.68 Å². The van der Waals surface area contributed by atoms with E-state index < -0.39 is 11.7 Å². The summed E-state index contributed by atoms with van der Waals surface area (Å²) in [6, 6.07) is 0. The largest absolute Gasteiger partial charge is 0.384 e. The van der Waals surface area contributed by atoms with Crippen molar-refractivity contribution in [2.24, 2.45) is 0 Å². The number of rotatable bonds is 7. The zero-order valence-corrected chi connectivity index (χ0v) is 12.4. The maximum atomic E-state index is 10.6. The average Bonchev–Trinajstić information content (AvgIpc) is 2.70. The molecule has 0 spiro atoms. The van der Waals surface area contributed by atoms with E-state index in [2.05, 4.69) is 12.0 Å². The maximum absolute atomic E-state index is 10.6. The Hall–Kier alpha value is -0.580. The summed E-state index contributed by atoms with van der Waals surface area (Å²) < 4.78 is 7.47. The molecule has 1 aromatic heterocycles. The lowest BCUT2D eigenvalue weighted by Gasteiger charge is -2.33. The number of hydrogen-bond donors (Lipinski definition) is 1. The van der Waals surface area contributed by atoms with Gasteiger partial charge in [-0.1, -0.05) is 25.4 Å². The molecule has 0 aliphatic carbocycles. The molecular formula is C13H23ClN2O2. The van der Waals surface area contributed by atoms with Gasteiger partial charge in [0.15, 0.2) is 0 Å². The van der Waals surface area contributed by atoms with Gasteiger partial charge in [0.25, 0.3) is 0 Å². The molecule has 4 nitrogen and oxygen atoms in total. The number of aryl methyl sites for hydroxylation is 1. The van der Waals surface area contributed by atoms with Crippen molar-refractivity contribution in [3.63, 3.8) is 0 Å². The molecule has 5 heteroatoms. The van der Waals surface area contributed by atoms with Gasteiger partial charge in [-0.15, -0.1) is 0 Å². The average molecular weight is 275 g/mol. The van der Waals surface area contributed by atoms with Gasteiger partial charge >= 0.3 is 0 Å². The second kappa shape index (κ2) is 6.55. The summed E-state index contributed by atoms with van der Waals surface area (Å²) in [6.45, 7) is 9.18. The van der Waals surface area contributed by atoms with Crippen molar-refractivity contribution < 1.29 is 9.84 Å². The van der Waals surface area contributed by atoms with Gasteiger partial charge in [0.2, 0.25) is 0 Å². The summed E-state index contributed by atoms with van der Waals surface area (Å²) in [5.41, 5.74) is 0.0144. The van der Waals surface area contributed by atoms with Gasteiger partial charge in [-0.25, -0.2) is 0 Å². The van der Waals surface area contributed by atoms with Crippen molar-refractivity contribution in [1.82, 2.24) is 9.78 Å². The first-order valence-corrected chi connectivity index (χ1v) is 6.91. The van der Waals surface area contributed by atoms with Gasteiger partial charge in [0.05, 0.1) is 22.5 Å². The highest BCUT2D eigenvalue weighted by molar-refractivity contribution is 6.31. The molecule has 0 amide bonds. The van der Waals surface area contributed by atoms with Crippen LogP contribution in [0.1, 0.15) is 52.3 Å². The Labute approximate surface area is 114 Å². The Balaban J connectivity index is 3.07. The predicted octanol–water partition coefficient (Wildman–Crippen LogP) is 3.19.